The van der Waals surface area contributed by atoms with Gasteiger partial charge in [0, 0.05) is 14.8 Å². The van der Waals surface area contributed by atoms with E-state index < -0.39 is 12.1 Å². The van der Waals surface area contributed by atoms with Gasteiger partial charge in [-0.1, -0.05) is 29.8 Å². The Labute approximate surface area is 164 Å². The Morgan fingerprint density at radius 2 is 1.69 bits per heavy atom. The van der Waals surface area contributed by atoms with Gasteiger partial charge in [-0.3, -0.25) is 9.59 Å². The molecule has 1 atom stereocenters. The maximum absolute atomic E-state index is 12.9. The van der Waals surface area contributed by atoms with Crippen LogP contribution in [0.5, 0.6) is 0 Å². The highest BCUT2D eigenvalue weighted by Gasteiger charge is 2.23. The zero-order valence-corrected chi connectivity index (χ0v) is 16.2. The Balaban J connectivity index is 1.84. The quantitative estimate of drug-likeness (QED) is 0.328. The number of aryl methyl sites for hydroxylation is 1. The topological polar surface area (TPSA) is 71.3 Å². The smallest absolute Gasteiger partial charge is 0.288 e. The molecule has 0 fully saturated rings. The summed E-state index contributed by atoms with van der Waals surface area (Å²) in [6.45, 7) is 1.95. The maximum Gasteiger partial charge on any atom is 0.288 e. The fourth-order valence-electron chi connectivity index (χ4n) is 2.37. The van der Waals surface area contributed by atoms with Crippen LogP contribution in [0.3, 0.4) is 0 Å². The van der Waals surface area contributed by atoms with Crippen LogP contribution < -0.4 is 10.6 Å². The van der Waals surface area contributed by atoms with Crippen LogP contribution in [0.15, 0.2) is 71.3 Å². The Morgan fingerprint density at radius 3 is 2.31 bits per heavy atom. The molecule has 0 radical (unpaired) electrons. The van der Waals surface area contributed by atoms with Gasteiger partial charge in [0.2, 0.25) is 5.78 Å². The van der Waals surface area contributed by atoms with Gasteiger partial charge in [-0.05, 0) is 65.9 Å². The summed E-state index contributed by atoms with van der Waals surface area (Å²) >= 11 is 2.21. The summed E-state index contributed by atoms with van der Waals surface area (Å²) in [6, 6.07) is 18.0. The van der Waals surface area contributed by atoms with E-state index >= 15 is 0 Å². The monoisotopic (exact) mass is 460 g/mol. The molecule has 1 aromatic heterocycles. The molecule has 1 heterocycles. The minimum atomic E-state index is -0.921. The molecule has 26 heavy (non-hydrogen) atoms. The summed E-state index contributed by atoms with van der Waals surface area (Å²) in [4.78, 5) is 25.3. The van der Waals surface area contributed by atoms with Crippen molar-refractivity contribution in [2.45, 2.75) is 13.1 Å². The van der Waals surface area contributed by atoms with Crippen molar-refractivity contribution in [1.29, 1.82) is 0 Å². The highest BCUT2D eigenvalue weighted by atomic mass is 127. The van der Waals surface area contributed by atoms with Crippen molar-refractivity contribution >= 4 is 40.0 Å². The number of carbonyl (C=O) groups is 2. The Morgan fingerprint density at radius 1 is 1.00 bits per heavy atom. The number of ketones is 1. The molecular weight excluding hydrogens is 443 g/mol. The van der Waals surface area contributed by atoms with Crippen LogP contribution in [-0.2, 0) is 0 Å². The third-order valence-electron chi connectivity index (χ3n) is 3.77. The van der Waals surface area contributed by atoms with E-state index in [2.05, 4.69) is 33.2 Å². The van der Waals surface area contributed by atoms with Crippen molar-refractivity contribution in [3.8, 4) is 0 Å². The minimum absolute atomic E-state index is 0.149. The number of hydrogen-bond acceptors (Lipinski definition) is 4. The minimum Gasteiger partial charge on any atom is -0.459 e. The van der Waals surface area contributed by atoms with E-state index in [0.29, 0.717) is 5.56 Å². The lowest BCUT2D eigenvalue weighted by molar-refractivity contribution is 0.0853. The maximum atomic E-state index is 12.9. The Kier molecular flexibility index (Phi) is 5.72. The van der Waals surface area contributed by atoms with E-state index in [1.807, 2.05) is 43.3 Å². The van der Waals surface area contributed by atoms with Crippen molar-refractivity contribution in [1.82, 2.24) is 5.32 Å². The number of benzene rings is 2. The number of rotatable bonds is 6. The average Bonchev–Trinajstić information content (AvgIpc) is 3.18. The normalized spacial score (nSPS) is 11.6. The number of anilines is 1. The van der Waals surface area contributed by atoms with E-state index in [-0.39, 0.29) is 11.5 Å². The second-order valence-electron chi connectivity index (χ2n) is 5.77. The standard InChI is InChI=1S/C20H17IN2O3/c1-13-4-6-14(7-5-13)18(24)19(22-16-10-8-15(21)9-11-16)23-20(25)17-3-2-12-26-17/h2-12,19,22H,1H3,(H,23,25)/t19-/m0/s1. The summed E-state index contributed by atoms with van der Waals surface area (Å²) in [5.74, 6) is -0.543. The fourth-order valence-corrected chi connectivity index (χ4v) is 2.73. The number of halogens is 1. The lowest BCUT2D eigenvalue weighted by atomic mass is 10.1. The first kappa shape index (κ1) is 18.2. The zero-order chi connectivity index (χ0) is 18.5. The van der Waals surface area contributed by atoms with E-state index in [9.17, 15) is 9.59 Å². The number of Topliss-reactive ketones (excluding diaryl/α,β-unsaturated/α-hetero) is 1. The van der Waals surface area contributed by atoms with Crippen molar-refractivity contribution in [2.24, 2.45) is 0 Å². The van der Waals surface area contributed by atoms with Crippen molar-refractivity contribution in [3.05, 3.63) is 87.4 Å². The van der Waals surface area contributed by atoms with E-state index in [0.717, 1.165) is 14.8 Å². The number of amides is 1. The molecular formula is C20H17IN2O3. The van der Waals surface area contributed by atoms with Gasteiger partial charge in [-0.25, -0.2) is 0 Å². The molecule has 2 N–H and O–H groups in total. The molecule has 2 aromatic carbocycles. The summed E-state index contributed by atoms with van der Waals surface area (Å²) in [6.07, 6.45) is 0.494. The van der Waals surface area contributed by atoms with Gasteiger partial charge in [0.05, 0.1) is 6.26 Å². The third kappa shape index (κ3) is 4.51. The fraction of sp³-hybridized carbons (Fsp3) is 0.100. The largest absolute Gasteiger partial charge is 0.459 e. The zero-order valence-electron chi connectivity index (χ0n) is 14.0. The molecule has 0 aliphatic heterocycles. The van der Waals surface area contributed by atoms with Crippen molar-refractivity contribution < 1.29 is 14.0 Å². The molecule has 0 saturated carbocycles. The molecule has 5 nitrogen and oxygen atoms in total. The molecule has 3 rings (SSSR count). The summed E-state index contributed by atoms with van der Waals surface area (Å²) in [7, 11) is 0. The van der Waals surface area contributed by atoms with Gasteiger partial charge in [-0.2, -0.15) is 0 Å². The molecule has 132 valence electrons. The first-order chi connectivity index (χ1) is 12.5. The van der Waals surface area contributed by atoms with Gasteiger partial charge >= 0.3 is 0 Å². The van der Waals surface area contributed by atoms with Gasteiger partial charge < -0.3 is 15.1 Å². The van der Waals surface area contributed by atoms with Crippen molar-refractivity contribution in [3.63, 3.8) is 0 Å². The average molecular weight is 460 g/mol. The van der Waals surface area contributed by atoms with Crippen LogP contribution in [0.2, 0.25) is 0 Å². The first-order valence-electron chi connectivity index (χ1n) is 8.00. The van der Waals surface area contributed by atoms with Crippen LogP contribution in [-0.4, -0.2) is 17.9 Å². The molecule has 0 aliphatic rings. The first-order valence-corrected chi connectivity index (χ1v) is 9.08. The SMILES string of the molecule is Cc1ccc(C(=O)[C@H](NC(=O)c2ccco2)Nc2ccc(I)cc2)cc1. The summed E-state index contributed by atoms with van der Waals surface area (Å²) in [5, 5.41) is 5.79. The lowest BCUT2D eigenvalue weighted by Gasteiger charge is -2.20. The van der Waals surface area contributed by atoms with Crippen LogP contribution in [0.4, 0.5) is 5.69 Å². The van der Waals surface area contributed by atoms with E-state index in [4.69, 9.17) is 4.42 Å². The number of furan rings is 1. The molecule has 0 spiro atoms. The molecule has 1 amide bonds. The molecule has 0 aliphatic carbocycles. The highest BCUT2D eigenvalue weighted by Crippen LogP contribution is 2.14. The van der Waals surface area contributed by atoms with Gasteiger partial charge in [0.15, 0.2) is 11.9 Å². The van der Waals surface area contributed by atoms with Gasteiger partial charge in [-0.15, -0.1) is 0 Å². The molecule has 0 bridgehead atoms. The van der Waals surface area contributed by atoms with Crippen LogP contribution in [0.25, 0.3) is 0 Å². The molecule has 0 unspecified atom stereocenters. The van der Waals surface area contributed by atoms with Gasteiger partial charge in [0.1, 0.15) is 0 Å². The summed E-state index contributed by atoms with van der Waals surface area (Å²) in [5.41, 5.74) is 2.30. The predicted octanol–water partition coefficient (Wildman–Crippen LogP) is 4.24. The second kappa shape index (κ2) is 8.18. The third-order valence-corrected chi connectivity index (χ3v) is 4.49. The number of hydrogen-bond donors (Lipinski definition) is 2. The molecule has 3 aromatic rings. The molecule has 0 saturated heterocycles. The van der Waals surface area contributed by atoms with Crippen molar-refractivity contribution in [2.75, 3.05) is 5.32 Å². The predicted molar refractivity (Wildman–Crippen MR) is 108 cm³/mol. The number of carbonyl (C=O) groups excluding carboxylic acids is 2. The van der Waals surface area contributed by atoms with Crippen LogP contribution >= 0.6 is 22.6 Å². The van der Waals surface area contributed by atoms with Gasteiger partial charge in [0.25, 0.3) is 5.91 Å². The molecule has 6 heteroatoms. The Bertz CT molecular complexity index is 888. The van der Waals surface area contributed by atoms with E-state index in [1.54, 1.807) is 24.3 Å². The van der Waals surface area contributed by atoms with Crippen LogP contribution in [0.1, 0.15) is 26.5 Å². The Hall–Kier alpha value is -2.61. The van der Waals surface area contributed by atoms with E-state index in [1.165, 1.54) is 6.26 Å². The summed E-state index contributed by atoms with van der Waals surface area (Å²) < 4.78 is 6.19. The highest BCUT2D eigenvalue weighted by molar-refractivity contribution is 14.1. The lowest BCUT2D eigenvalue weighted by Crippen LogP contribution is -2.46. The number of nitrogens with one attached hydrogen (secondary N) is 2. The second-order valence-corrected chi connectivity index (χ2v) is 7.01. The van der Waals surface area contributed by atoms with Crippen LogP contribution in [0, 0.1) is 10.5 Å².